The van der Waals surface area contributed by atoms with Crippen molar-refractivity contribution in [2.75, 3.05) is 18.5 Å². The van der Waals surface area contributed by atoms with Crippen LogP contribution in [-0.4, -0.2) is 29.2 Å². The second-order valence-corrected chi connectivity index (χ2v) is 9.79. The van der Waals surface area contributed by atoms with Crippen LogP contribution < -0.4 is 5.32 Å². The first-order chi connectivity index (χ1) is 17.9. The Bertz CT molecular complexity index is 1260. The number of esters is 1. The monoisotopic (exact) mass is 499 g/mol. The SMILES string of the molecule is CC(C)(C)c1cnc(Nc2ccc(-c3ccc(CCOCCC(=O)OCc4ccccc4)cc3)nc2)o1. The minimum atomic E-state index is -0.253. The van der Waals surface area contributed by atoms with Crippen molar-refractivity contribution in [1.29, 1.82) is 0 Å². The van der Waals surface area contributed by atoms with Gasteiger partial charge in [-0.2, -0.15) is 0 Å². The summed E-state index contributed by atoms with van der Waals surface area (Å²) in [7, 11) is 0. The Hall–Kier alpha value is -3.97. The number of hydrogen-bond donors (Lipinski definition) is 1. The molecule has 0 atom stereocenters. The molecule has 0 aliphatic heterocycles. The fourth-order valence-corrected chi connectivity index (χ4v) is 3.54. The smallest absolute Gasteiger partial charge is 0.308 e. The van der Waals surface area contributed by atoms with Crippen LogP contribution in [0.2, 0.25) is 0 Å². The van der Waals surface area contributed by atoms with E-state index in [0.717, 1.165) is 40.3 Å². The van der Waals surface area contributed by atoms with E-state index in [-0.39, 0.29) is 17.8 Å². The van der Waals surface area contributed by atoms with Crippen molar-refractivity contribution >= 4 is 17.7 Å². The van der Waals surface area contributed by atoms with E-state index in [1.165, 1.54) is 0 Å². The molecule has 7 nitrogen and oxygen atoms in total. The number of hydrogen-bond acceptors (Lipinski definition) is 7. The van der Waals surface area contributed by atoms with Gasteiger partial charge in [0.05, 0.1) is 43.4 Å². The molecule has 7 heteroatoms. The molecule has 1 N–H and O–H groups in total. The lowest BCUT2D eigenvalue weighted by Crippen LogP contribution is -2.09. The number of nitrogens with zero attached hydrogens (tertiary/aromatic N) is 2. The second kappa shape index (κ2) is 12.3. The van der Waals surface area contributed by atoms with Gasteiger partial charge in [0.15, 0.2) is 0 Å². The van der Waals surface area contributed by atoms with E-state index < -0.39 is 0 Å². The van der Waals surface area contributed by atoms with Crippen LogP contribution in [0.3, 0.4) is 0 Å². The van der Waals surface area contributed by atoms with Gasteiger partial charge in [-0.15, -0.1) is 0 Å². The lowest BCUT2D eigenvalue weighted by atomic mass is 9.94. The number of oxazole rings is 1. The Morgan fingerprint density at radius 1 is 0.892 bits per heavy atom. The van der Waals surface area contributed by atoms with Crippen LogP contribution in [-0.2, 0) is 32.7 Å². The van der Waals surface area contributed by atoms with Crippen LogP contribution >= 0.6 is 0 Å². The van der Waals surface area contributed by atoms with E-state index in [1.54, 1.807) is 12.4 Å². The van der Waals surface area contributed by atoms with Gasteiger partial charge in [-0.05, 0) is 29.7 Å². The van der Waals surface area contributed by atoms with Gasteiger partial charge in [0.25, 0.3) is 6.01 Å². The number of benzene rings is 2. The molecule has 0 aliphatic rings. The highest BCUT2D eigenvalue weighted by Gasteiger charge is 2.19. The van der Waals surface area contributed by atoms with Crippen LogP contribution in [0, 0.1) is 0 Å². The van der Waals surface area contributed by atoms with Crippen molar-refractivity contribution in [3.63, 3.8) is 0 Å². The first-order valence-electron chi connectivity index (χ1n) is 12.4. The molecule has 37 heavy (non-hydrogen) atoms. The lowest BCUT2D eigenvalue weighted by molar-refractivity contribution is -0.146. The van der Waals surface area contributed by atoms with Crippen molar-refractivity contribution in [2.45, 2.75) is 45.6 Å². The molecule has 0 unspecified atom stereocenters. The summed E-state index contributed by atoms with van der Waals surface area (Å²) in [4.78, 5) is 20.7. The van der Waals surface area contributed by atoms with Gasteiger partial charge in [-0.1, -0.05) is 75.4 Å². The zero-order valence-corrected chi connectivity index (χ0v) is 21.6. The standard InChI is InChI=1S/C30H33N3O4/c1-30(2,3)27-20-32-29(37-27)33-25-13-14-26(31-19-25)24-11-9-22(10-12-24)15-17-35-18-16-28(34)36-21-23-7-5-4-6-8-23/h4-14,19-20H,15-18,21H2,1-3H3,(H,32,33). The van der Waals surface area contributed by atoms with Crippen LogP contribution in [0.4, 0.5) is 11.7 Å². The third kappa shape index (κ3) is 8.02. The van der Waals surface area contributed by atoms with Crippen molar-refractivity contribution in [3.8, 4) is 11.3 Å². The minimum absolute atomic E-state index is 0.0933. The highest BCUT2D eigenvalue weighted by molar-refractivity contribution is 5.69. The summed E-state index contributed by atoms with van der Waals surface area (Å²) in [6, 6.07) is 22.3. The maximum Gasteiger partial charge on any atom is 0.308 e. The summed E-state index contributed by atoms with van der Waals surface area (Å²) >= 11 is 0. The number of rotatable bonds is 11. The third-order valence-corrected chi connectivity index (χ3v) is 5.74. The van der Waals surface area contributed by atoms with Gasteiger partial charge in [-0.25, -0.2) is 4.98 Å². The van der Waals surface area contributed by atoms with Gasteiger partial charge >= 0.3 is 5.97 Å². The maximum atomic E-state index is 11.9. The summed E-state index contributed by atoms with van der Waals surface area (Å²) in [6.45, 7) is 7.43. The van der Waals surface area contributed by atoms with Crippen molar-refractivity contribution in [2.24, 2.45) is 0 Å². The number of carbonyl (C=O) groups excluding carboxylic acids is 1. The van der Waals surface area contributed by atoms with E-state index in [9.17, 15) is 4.79 Å². The molecule has 2 aromatic heterocycles. The molecule has 0 spiro atoms. The largest absolute Gasteiger partial charge is 0.461 e. The van der Waals surface area contributed by atoms with E-state index in [0.29, 0.717) is 25.8 Å². The molecule has 0 aliphatic carbocycles. The van der Waals surface area contributed by atoms with Crippen LogP contribution in [0.15, 0.2) is 83.5 Å². The van der Waals surface area contributed by atoms with E-state index in [4.69, 9.17) is 13.9 Å². The number of nitrogens with one attached hydrogen (secondary N) is 1. The minimum Gasteiger partial charge on any atom is -0.461 e. The van der Waals surface area contributed by atoms with Crippen LogP contribution in [0.25, 0.3) is 11.3 Å². The molecule has 4 rings (SSSR count). The molecule has 0 fully saturated rings. The number of carbonyl (C=O) groups is 1. The number of anilines is 2. The molecular formula is C30H33N3O4. The first kappa shape index (κ1) is 26.1. The third-order valence-electron chi connectivity index (χ3n) is 5.74. The summed E-state index contributed by atoms with van der Waals surface area (Å²) in [5.41, 5.74) is 4.76. The van der Waals surface area contributed by atoms with Crippen molar-refractivity contribution in [3.05, 3.63) is 96.0 Å². The molecule has 0 amide bonds. The Morgan fingerprint density at radius 3 is 2.35 bits per heavy atom. The van der Waals surface area contributed by atoms with Gasteiger partial charge < -0.3 is 19.2 Å². The summed E-state index contributed by atoms with van der Waals surface area (Å²) in [5, 5.41) is 3.16. The highest BCUT2D eigenvalue weighted by atomic mass is 16.5. The summed E-state index contributed by atoms with van der Waals surface area (Å²) in [5.74, 6) is 0.573. The molecule has 2 aromatic carbocycles. The predicted molar refractivity (Wildman–Crippen MR) is 144 cm³/mol. The average Bonchev–Trinajstić information content (AvgIpc) is 3.38. The molecule has 0 saturated heterocycles. The number of ether oxygens (including phenoxy) is 2. The highest BCUT2D eigenvalue weighted by Crippen LogP contribution is 2.26. The van der Waals surface area contributed by atoms with Gasteiger partial charge in [0.1, 0.15) is 12.4 Å². The van der Waals surface area contributed by atoms with Crippen molar-refractivity contribution < 1.29 is 18.7 Å². The maximum absolute atomic E-state index is 11.9. The zero-order chi connectivity index (χ0) is 26.1. The summed E-state index contributed by atoms with van der Waals surface area (Å²) < 4.78 is 16.7. The Kier molecular flexibility index (Phi) is 8.69. The molecule has 2 heterocycles. The van der Waals surface area contributed by atoms with Gasteiger partial charge in [0.2, 0.25) is 0 Å². The summed E-state index contributed by atoms with van der Waals surface area (Å²) in [6.07, 6.45) is 4.53. The molecule has 4 aromatic rings. The predicted octanol–water partition coefficient (Wildman–Crippen LogP) is 6.47. The Morgan fingerprint density at radius 2 is 1.68 bits per heavy atom. The van der Waals surface area contributed by atoms with Crippen LogP contribution in [0.1, 0.15) is 44.1 Å². The van der Waals surface area contributed by atoms with Gasteiger partial charge in [0, 0.05) is 11.0 Å². The molecule has 0 saturated carbocycles. The first-order valence-corrected chi connectivity index (χ1v) is 12.4. The molecular weight excluding hydrogens is 466 g/mol. The molecule has 0 bridgehead atoms. The van der Waals surface area contributed by atoms with E-state index in [1.807, 2.05) is 42.5 Å². The Labute approximate surface area is 217 Å². The Balaban J connectivity index is 1.17. The lowest BCUT2D eigenvalue weighted by Gasteiger charge is -2.13. The topological polar surface area (TPSA) is 86.5 Å². The normalized spacial score (nSPS) is 11.3. The fraction of sp³-hybridized carbons (Fsp3) is 0.300. The number of pyridine rings is 1. The second-order valence-electron chi connectivity index (χ2n) is 9.79. The molecule has 0 radical (unpaired) electrons. The fourth-order valence-electron chi connectivity index (χ4n) is 3.54. The quantitative estimate of drug-likeness (QED) is 0.187. The van der Waals surface area contributed by atoms with Crippen LogP contribution in [0.5, 0.6) is 0 Å². The van der Waals surface area contributed by atoms with E-state index in [2.05, 4.69) is 60.3 Å². The van der Waals surface area contributed by atoms with Crippen molar-refractivity contribution in [1.82, 2.24) is 9.97 Å². The number of aromatic nitrogens is 2. The van der Waals surface area contributed by atoms with E-state index >= 15 is 0 Å². The van der Waals surface area contributed by atoms with Gasteiger partial charge in [-0.3, -0.25) is 9.78 Å². The average molecular weight is 500 g/mol. The zero-order valence-electron chi connectivity index (χ0n) is 21.6. The molecule has 192 valence electrons.